The number of hydrogen-bond acceptors (Lipinski definition) is 5. The fourth-order valence-electron chi connectivity index (χ4n) is 2.82. The minimum Gasteiger partial charge on any atom is -0.488 e. The fourth-order valence-corrected chi connectivity index (χ4v) is 2.82. The lowest BCUT2D eigenvalue weighted by Crippen LogP contribution is -2.39. The van der Waals surface area contributed by atoms with Crippen LogP contribution in [-0.4, -0.2) is 38.3 Å². The number of nitrogens with zero attached hydrogens (tertiary/aromatic N) is 1. The van der Waals surface area contributed by atoms with Gasteiger partial charge in [-0.3, -0.25) is 9.59 Å². The molecule has 0 fully saturated rings. The summed E-state index contributed by atoms with van der Waals surface area (Å²) in [7, 11) is 1.51. The standard InChI is InChI=1S/C23H23N3O4/c1-29-14-13-24-22(27)23(28)26-25-15-20-19-10-6-5-9-18(19)11-12-21(20)30-16-17-7-3-2-4-8-17/h2-12,15H,13-14,16H2,1H3,(H,24,27)(H,26,28)/b25-15-. The molecule has 0 unspecified atom stereocenters. The van der Waals surface area contributed by atoms with Crippen molar-refractivity contribution < 1.29 is 19.1 Å². The van der Waals surface area contributed by atoms with Crippen LogP contribution in [0.25, 0.3) is 10.8 Å². The third kappa shape index (κ3) is 5.65. The summed E-state index contributed by atoms with van der Waals surface area (Å²) in [5.74, 6) is -1.00. The van der Waals surface area contributed by atoms with Gasteiger partial charge in [0, 0.05) is 19.2 Å². The van der Waals surface area contributed by atoms with Gasteiger partial charge in [-0.15, -0.1) is 0 Å². The summed E-state index contributed by atoms with van der Waals surface area (Å²) in [4.78, 5) is 23.6. The van der Waals surface area contributed by atoms with Crippen molar-refractivity contribution in [3.05, 3.63) is 77.9 Å². The van der Waals surface area contributed by atoms with Crippen molar-refractivity contribution >= 4 is 28.8 Å². The van der Waals surface area contributed by atoms with Crippen molar-refractivity contribution in [1.29, 1.82) is 0 Å². The van der Waals surface area contributed by atoms with E-state index in [2.05, 4.69) is 15.8 Å². The highest BCUT2D eigenvalue weighted by atomic mass is 16.5. The Hall–Kier alpha value is -3.71. The van der Waals surface area contributed by atoms with Crippen molar-refractivity contribution in [2.45, 2.75) is 6.61 Å². The molecule has 0 aromatic heterocycles. The number of ether oxygens (including phenoxy) is 2. The van der Waals surface area contributed by atoms with E-state index in [9.17, 15) is 9.59 Å². The lowest BCUT2D eigenvalue weighted by atomic mass is 10.0. The zero-order valence-electron chi connectivity index (χ0n) is 16.6. The van der Waals surface area contributed by atoms with E-state index >= 15 is 0 Å². The molecule has 0 spiro atoms. The molecular weight excluding hydrogens is 382 g/mol. The van der Waals surface area contributed by atoms with Crippen LogP contribution in [0, 0.1) is 0 Å². The lowest BCUT2D eigenvalue weighted by molar-refractivity contribution is -0.139. The first kappa shape index (κ1) is 21.0. The molecule has 3 aromatic carbocycles. The zero-order chi connectivity index (χ0) is 21.2. The van der Waals surface area contributed by atoms with Crippen molar-refractivity contribution in [3.63, 3.8) is 0 Å². The Morgan fingerprint density at radius 2 is 1.73 bits per heavy atom. The maximum Gasteiger partial charge on any atom is 0.329 e. The lowest BCUT2D eigenvalue weighted by Gasteiger charge is -2.12. The molecule has 7 nitrogen and oxygen atoms in total. The molecule has 0 aliphatic rings. The molecule has 3 aromatic rings. The first-order valence-corrected chi connectivity index (χ1v) is 9.47. The molecule has 0 radical (unpaired) electrons. The van der Waals surface area contributed by atoms with E-state index in [4.69, 9.17) is 9.47 Å². The molecule has 0 saturated heterocycles. The van der Waals surface area contributed by atoms with Gasteiger partial charge in [0.1, 0.15) is 12.4 Å². The second-order valence-corrected chi connectivity index (χ2v) is 6.42. The Bertz CT molecular complexity index is 1040. The number of carbonyl (C=O) groups is 2. The van der Waals surface area contributed by atoms with Gasteiger partial charge in [0.2, 0.25) is 0 Å². The number of rotatable bonds is 8. The summed E-state index contributed by atoms with van der Waals surface area (Å²) in [6, 6.07) is 21.5. The van der Waals surface area contributed by atoms with E-state index < -0.39 is 11.8 Å². The largest absolute Gasteiger partial charge is 0.488 e. The van der Waals surface area contributed by atoms with Crippen LogP contribution < -0.4 is 15.5 Å². The Morgan fingerprint density at radius 3 is 2.53 bits per heavy atom. The topological polar surface area (TPSA) is 89.0 Å². The van der Waals surface area contributed by atoms with E-state index in [1.807, 2.05) is 66.7 Å². The predicted octanol–water partition coefficient (Wildman–Crippen LogP) is 2.63. The van der Waals surface area contributed by atoms with Crippen molar-refractivity contribution in [3.8, 4) is 5.75 Å². The van der Waals surface area contributed by atoms with Gasteiger partial charge in [0.15, 0.2) is 0 Å². The highest BCUT2D eigenvalue weighted by Gasteiger charge is 2.12. The van der Waals surface area contributed by atoms with Crippen LogP contribution in [0.5, 0.6) is 5.75 Å². The number of hydrogen-bond donors (Lipinski definition) is 2. The second-order valence-electron chi connectivity index (χ2n) is 6.42. The molecule has 0 saturated carbocycles. The molecule has 0 aliphatic heterocycles. The first-order valence-electron chi connectivity index (χ1n) is 9.47. The van der Waals surface area contributed by atoms with E-state index in [-0.39, 0.29) is 6.54 Å². The van der Waals surface area contributed by atoms with Gasteiger partial charge < -0.3 is 14.8 Å². The van der Waals surface area contributed by atoms with Crippen LogP contribution in [-0.2, 0) is 20.9 Å². The average molecular weight is 405 g/mol. The number of carbonyl (C=O) groups excluding carboxylic acids is 2. The van der Waals surface area contributed by atoms with Crippen LogP contribution in [0.15, 0.2) is 71.8 Å². The van der Waals surface area contributed by atoms with Gasteiger partial charge >= 0.3 is 11.8 Å². The second kappa shape index (κ2) is 10.7. The molecule has 3 rings (SSSR count). The van der Waals surface area contributed by atoms with E-state index in [1.165, 1.54) is 13.3 Å². The Kier molecular flexibility index (Phi) is 7.51. The summed E-state index contributed by atoms with van der Waals surface area (Å²) in [5.41, 5.74) is 3.99. The molecular formula is C23H23N3O4. The molecule has 0 aliphatic carbocycles. The molecule has 2 amide bonds. The molecule has 2 N–H and O–H groups in total. The van der Waals surface area contributed by atoms with Crippen LogP contribution in [0.4, 0.5) is 0 Å². The molecule has 0 atom stereocenters. The molecule has 0 heterocycles. The van der Waals surface area contributed by atoms with Crippen LogP contribution >= 0.6 is 0 Å². The van der Waals surface area contributed by atoms with Gasteiger partial charge in [-0.05, 0) is 22.4 Å². The van der Waals surface area contributed by atoms with Crippen LogP contribution in [0.1, 0.15) is 11.1 Å². The van der Waals surface area contributed by atoms with Gasteiger partial charge in [0.05, 0.1) is 12.8 Å². The Balaban J connectivity index is 1.76. The Morgan fingerprint density at radius 1 is 0.967 bits per heavy atom. The summed E-state index contributed by atoms with van der Waals surface area (Å²) >= 11 is 0. The monoisotopic (exact) mass is 405 g/mol. The number of hydrazone groups is 1. The summed E-state index contributed by atoms with van der Waals surface area (Å²) in [6.07, 6.45) is 1.49. The maximum atomic E-state index is 11.9. The van der Waals surface area contributed by atoms with Crippen LogP contribution in [0.3, 0.4) is 0 Å². The molecule has 154 valence electrons. The van der Waals surface area contributed by atoms with E-state index in [0.29, 0.717) is 24.5 Å². The summed E-state index contributed by atoms with van der Waals surface area (Å²) < 4.78 is 10.8. The quantitative estimate of drug-likeness (QED) is 0.261. The minimum absolute atomic E-state index is 0.243. The normalized spacial score (nSPS) is 10.8. The van der Waals surface area contributed by atoms with E-state index in [0.717, 1.165) is 16.3 Å². The summed E-state index contributed by atoms with van der Waals surface area (Å²) in [6.45, 7) is 0.960. The maximum absolute atomic E-state index is 11.9. The van der Waals surface area contributed by atoms with E-state index in [1.54, 1.807) is 0 Å². The number of benzene rings is 3. The van der Waals surface area contributed by atoms with Gasteiger partial charge in [-0.1, -0.05) is 60.7 Å². The number of nitrogens with one attached hydrogen (secondary N) is 2. The van der Waals surface area contributed by atoms with Crippen molar-refractivity contribution in [1.82, 2.24) is 10.7 Å². The molecule has 7 heteroatoms. The smallest absolute Gasteiger partial charge is 0.329 e. The number of fused-ring (bicyclic) bond motifs is 1. The molecule has 30 heavy (non-hydrogen) atoms. The third-order valence-corrected chi connectivity index (χ3v) is 4.33. The highest BCUT2D eigenvalue weighted by molar-refractivity contribution is 6.35. The average Bonchev–Trinajstić information content (AvgIpc) is 2.79. The number of amides is 2. The predicted molar refractivity (Wildman–Crippen MR) is 115 cm³/mol. The van der Waals surface area contributed by atoms with Gasteiger partial charge in [-0.25, -0.2) is 5.43 Å². The highest BCUT2D eigenvalue weighted by Crippen LogP contribution is 2.27. The Labute approximate surface area is 174 Å². The SMILES string of the molecule is COCCNC(=O)C(=O)N/N=C\c1c(OCc2ccccc2)ccc2ccccc12. The summed E-state index contributed by atoms with van der Waals surface area (Å²) in [5, 5.41) is 8.33. The van der Waals surface area contributed by atoms with Gasteiger partial charge in [0.25, 0.3) is 0 Å². The number of methoxy groups -OCH3 is 1. The van der Waals surface area contributed by atoms with Gasteiger partial charge in [-0.2, -0.15) is 5.10 Å². The third-order valence-electron chi connectivity index (χ3n) is 4.33. The zero-order valence-corrected chi connectivity index (χ0v) is 16.6. The fraction of sp³-hybridized carbons (Fsp3) is 0.174. The van der Waals surface area contributed by atoms with Crippen molar-refractivity contribution in [2.24, 2.45) is 5.10 Å². The van der Waals surface area contributed by atoms with Crippen molar-refractivity contribution in [2.75, 3.05) is 20.3 Å². The molecule has 0 bridgehead atoms. The first-order chi connectivity index (χ1) is 14.7. The minimum atomic E-state index is -0.852. The van der Waals surface area contributed by atoms with Crippen LogP contribution in [0.2, 0.25) is 0 Å².